The summed E-state index contributed by atoms with van der Waals surface area (Å²) in [5.74, 6) is 0.191. The van der Waals surface area contributed by atoms with Crippen molar-refractivity contribution in [1.29, 1.82) is 0 Å². The van der Waals surface area contributed by atoms with Crippen LogP contribution in [0.5, 0.6) is 5.88 Å². The first-order chi connectivity index (χ1) is 12.9. The van der Waals surface area contributed by atoms with Crippen molar-refractivity contribution >= 4 is 11.0 Å². The van der Waals surface area contributed by atoms with Crippen molar-refractivity contribution in [3.63, 3.8) is 0 Å². The minimum Gasteiger partial charge on any atom is -0.474 e. The number of nitrogens with two attached hydrogens (primary N) is 1. The van der Waals surface area contributed by atoms with Gasteiger partial charge < -0.3 is 15.5 Å². The normalized spacial score (nSPS) is 20.7. The second-order valence-corrected chi connectivity index (χ2v) is 6.80. The molecule has 0 bridgehead atoms. The van der Waals surface area contributed by atoms with Gasteiger partial charge in [0.1, 0.15) is 11.8 Å². The van der Waals surface area contributed by atoms with Crippen molar-refractivity contribution in [3.05, 3.63) is 42.2 Å². The lowest BCUT2D eigenvalue weighted by atomic mass is 9.94. The van der Waals surface area contributed by atoms with Crippen LogP contribution in [0.2, 0.25) is 0 Å². The highest BCUT2D eigenvalue weighted by atomic mass is 19.4. The first kappa shape index (κ1) is 17.8. The van der Waals surface area contributed by atoms with E-state index < -0.39 is 11.7 Å². The van der Waals surface area contributed by atoms with Gasteiger partial charge in [0.2, 0.25) is 5.88 Å². The van der Waals surface area contributed by atoms with Crippen LogP contribution in [0, 0.1) is 0 Å². The molecule has 3 aromatic rings. The number of alkyl halides is 3. The summed E-state index contributed by atoms with van der Waals surface area (Å²) in [5.41, 5.74) is 5.79. The van der Waals surface area contributed by atoms with Gasteiger partial charge in [-0.05, 0) is 43.9 Å². The van der Waals surface area contributed by atoms with Crippen LogP contribution in [0.1, 0.15) is 31.2 Å². The Kier molecular flexibility index (Phi) is 4.51. The summed E-state index contributed by atoms with van der Waals surface area (Å²) in [4.78, 5) is 11.3. The van der Waals surface area contributed by atoms with Crippen LogP contribution in [-0.4, -0.2) is 27.1 Å². The fraction of sp³-hybridized carbons (Fsp3) is 0.368. The van der Waals surface area contributed by atoms with Gasteiger partial charge in [0.05, 0.1) is 11.3 Å². The Hall–Kier alpha value is -2.61. The molecule has 3 N–H and O–H groups in total. The molecule has 0 spiro atoms. The van der Waals surface area contributed by atoms with Crippen LogP contribution in [0.4, 0.5) is 13.2 Å². The number of fused-ring (bicyclic) bond motifs is 1. The van der Waals surface area contributed by atoms with E-state index in [0.717, 1.165) is 31.7 Å². The topological polar surface area (TPSA) is 76.8 Å². The first-order valence-corrected chi connectivity index (χ1v) is 8.85. The number of hydrogen-bond acceptors (Lipinski definition) is 4. The van der Waals surface area contributed by atoms with E-state index in [1.165, 1.54) is 12.3 Å². The minimum atomic E-state index is -4.52. The number of ether oxygens (including phenoxy) is 1. The minimum absolute atomic E-state index is 0.0773. The van der Waals surface area contributed by atoms with Crippen molar-refractivity contribution in [2.45, 2.75) is 44.0 Å². The second-order valence-electron chi connectivity index (χ2n) is 6.80. The van der Waals surface area contributed by atoms with Gasteiger partial charge in [-0.25, -0.2) is 9.97 Å². The molecule has 1 aliphatic rings. The van der Waals surface area contributed by atoms with E-state index in [9.17, 15) is 13.2 Å². The van der Waals surface area contributed by atoms with E-state index in [0.29, 0.717) is 16.6 Å². The zero-order chi connectivity index (χ0) is 19.0. The van der Waals surface area contributed by atoms with E-state index in [4.69, 9.17) is 10.5 Å². The molecular formula is C19H19F3N4O. The number of nitrogens with one attached hydrogen (secondary N) is 1. The zero-order valence-corrected chi connectivity index (χ0v) is 14.5. The molecule has 142 valence electrons. The Morgan fingerprint density at radius 2 is 1.89 bits per heavy atom. The molecule has 4 rings (SSSR count). The molecule has 5 nitrogen and oxygen atoms in total. The highest BCUT2D eigenvalue weighted by molar-refractivity contribution is 5.93. The van der Waals surface area contributed by atoms with E-state index in [1.807, 2.05) is 0 Å². The highest BCUT2D eigenvalue weighted by Gasteiger charge is 2.35. The summed E-state index contributed by atoms with van der Waals surface area (Å²) in [6.07, 6.45) is 1.70. The Morgan fingerprint density at radius 1 is 1.11 bits per heavy atom. The summed E-state index contributed by atoms with van der Waals surface area (Å²) in [5, 5.41) is 0.580. The molecule has 27 heavy (non-hydrogen) atoms. The van der Waals surface area contributed by atoms with Gasteiger partial charge in [0.15, 0.2) is 0 Å². The van der Waals surface area contributed by atoms with Crippen LogP contribution >= 0.6 is 0 Å². The first-order valence-electron chi connectivity index (χ1n) is 8.85. The van der Waals surface area contributed by atoms with Crippen molar-refractivity contribution in [2.75, 3.05) is 0 Å². The lowest BCUT2D eigenvalue weighted by Gasteiger charge is -2.26. The number of nitrogens with zero attached hydrogens (tertiary/aromatic N) is 2. The van der Waals surface area contributed by atoms with Crippen molar-refractivity contribution in [1.82, 2.24) is 15.0 Å². The maximum atomic E-state index is 13.6. The Labute approximate surface area is 153 Å². The molecule has 1 aliphatic carbocycles. The number of rotatable bonds is 3. The Morgan fingerprint density at radius 3 is 2.63 bits per heavy atom. The predicted molar refractivity (Wildman–Crippen MR) is 95.2 cm³/mol. The van der Waals surface area contributed by atoms with Crippen LogP contribution in [0.25, 0.3) is 22.3 Å². The lowest BCUT2D eigenvalue weighted by Crippen LogP contribution is -2.31. The fourth-order valence-electron chi connectivity index (χ4n) is 3.47. The summed E-state index contributed by atoms with van der Waals surface area (Å²) in [6.45, 7) is 0. The number of aromatic amines is 1. The maximum absolute atomic E-state index is 13.6. The molecule has 8 heteroatoms. The number of halogens is 3. The van der Waals surface area contributed by atoms with E-state index in [2.05, 4.69) is 15.0 Å². The molecule has 0 aliphatic heterocycles. The summed E-state index contributed by atoms with van der Waals surface area (Å²) in [6, 6.07) is 5.87. The fourth-order valence-corrected chi connectivity index (χ4v) is 3.47. The van der Waals surface area contributed by atoms with Gasteiger partial charge in [0, 0.05) is 35.5 Å². The number of pyridine rings is 2. The third kappa shape index (κ3) is 3.62. The van der Waals surface area contributed by atoms with Crippen molar-refractivity contribution in [2.24, 2.45) is 5.73 Å². The molecule has 0 radical (unpaired) electrons. The van der Waals surface area contributed by atoms with Crippen molar-refractivity contribution in [3.8, 4) is 17.1 Å². The quantitative estimate of drug-likeness (QED) is 0.715. The van der Waals surface area contributed by atoms with Crippen LogP contribution < -0.4 is 10.5 Å². The maximum Gasteiger partial charge on any atom is 0.418 e. The summed E-state index contributed by atoms with van der Waals surface area (Å²) in [7, 11) is 0. The van der Waals surface area contributed by atoms with Crippen LogP contribution in [0.15, 0.2) is 36.7 Å². The molecular weight excluding hydrogens is 357 g/mol. The van der Waals surface area contributed by atoms with Gasteiger partial charge in [-0.1, -0.05) is 0 Å². The predicted octanol–water partition coefficient (Wildman–Crippen LogP) is 4.29. The third-order valence-electron chi connectivity index (χ3n) is 4.89. The molecule has 1 fully saturated rings. The average molecular weight is 376 g/mol. The summed E-state index contributed by atoms with van der Waals surface area (Å²) >= 11 is 0. The monoisotopic (exact) mass is 376 g/mol. The Bertz CT molecular complexity index is 946. The number of aromatic nitrogens is 3. The van der Waals surface area contributed by atoms with E-state index in [1.54, 1.807) is 18.3 Å². The van der Waals surface area contributed by atoms with Gasteiger partial charge in [-0.15, -0.1) is 0 Å². The average Bonchev–Trinajstić information content (AvgIpc) is 3.07. The molecule has 0 unspecified atom stereocenters. The molecule has 0 amide bonds. The lowest BCUT2D eigenvalue weighted by molar-refractivity contribution is -0.137. The molecule has 3 aromatic heterocycles. The zero-order valence-electron chi connectivity index (χ0n) is 14.5. The standard InChI is InChI=1S/C19H19F3N4O/c20-19(21,22)15-7-8-16(27-12-5-3-11(23)4-6-12)26-17(15)14-10-25-18-13(14)2-1-9-24-18/h1-2,7-12H,3-6,23H2,(H,24,25). The molecule has 0 atom stereocenters. The summed E-state index contributed by atoms with van der Waals surface area (Å²) < 4.78 is 46.5. The largest absolute Gasteiger partial charge is 0.474 e. The highest BCUT2D eigenvalue weighted by Crippen LogP contribution is 2.39. The third-order valence-corrected chi connectivity index (χ3v) is 4.89. The van der Waals surface area contributed by atoms with Crippen molar-refractivity contribution < 1.29 is 17.9 Å². The van der Waals surface area contributed by atoms with Gasteiger partial charge in [0.25, 0.3) is 0 Å². The SMILES string of the molecule is NC1CCC(Oc2ccc(C(F)(F)F)c(-c3c[nH]c4ncccc34)n2)CC1. The molecule has 0 aromatic carbocycles. The van der Waals surface area contributed by atoms with Crippen LogP contribution in [0.3, 0.4) is 0 Å². The van der Waals surface area contributed by atoms with E-state index in [-0.39, 0.29) is 23.7 Å². The van der Waals surface area contributed by atoms with E-state index >= 15 is 0 Å². The van der Waals surface area contributed by atoms with Gasteiger partial charge >= 0.3 is 6.18 Å². The van der Waals surface area contributed by atoms with Gasteiger partial charge in [-0.3, -0.25) is 0 Å². The smallest absolute Gasteiger partial charge is 0.418 e. The molecule has 3 heterocycles. The van der Waals surface area contributed by atoms with Crippen LogP contribution in [-0.2, 0) is 6.18 Å². The number of H-pyrrole nitrogens is 1. The van der Waals surface area contributed by atoms with Gasteiger partial charge in [-0.2, -0.15) is 13.2 Å². The molecule has 0 saturated heterocycles. The number of hydrogen-bond donors (Lipinski definition) is 2. The Balaban J connectivity index is 1.74. The molecule has 1 saturated carbocycles. The second kappa shape index (κ2) is 6.84.